The van der Waals surface area contributed by atoms with Crippen LogP contribution in [0.2, 0.25) is 0 Å². The molecule has 0 saturated heterocycles. The van der Waals surface area contributed by atoms with E-state index in [2.05, 4.69) is 29.1 Å². The Morgan fingerprint density at radius 1 is 1.26 bits per heavy atom. The highest BCUT2D eigenvalue weighted by atomic mass is 32.1. The van der Waals surface area contributed by atoms with Gasteiger partial charge in [0.15, 0.2) is 0 Å². The quantitative estimate of drug-likeness (QED) is 0.907. The van der Waals surface area contributed by atoms with Gasteiger partial charge in [0.1, 0.15) is 10.8 Å². The Morgan fingerprint density at radius 3 is 2.68 bits per heavy atom. The minimum Gasteiger partial charge on any atom is -0.301 e. The highest BCUT2D eigenvalue weighted by Crippen LogP contribution is 2.23. The molecule has 102 valence electrons. The molecule has 3 nitrogen and oxygen atoms in total. The lowest BCUT2D eigenvalue weighted by molar-refractivity contribution is 0.489. The topological polar surface area (TPSA) is 37.8 Å². The van der Waals surface area contributed by atoms with Crippen LogP contribution in [0.5, 0.6) is 0 Å². The van der Waals surface area contributed by atoms with Crippen LogP contribution in [0.4, 0.5) is 4.39 Å². The molecule has 0 aliphatic carbocycles. The van der Waals surface area contributed by atoms with Gasteiger partial charge in [-0.3, -0.25) is 4.98 Å². The lowest BCUT2D eigenvalue weighted by atomic mass is 10.1. The van der Waals surface area contributed by atoms with E-state index in [-0.39, 0.29) is 17.9 Å². The lowest BCUT2D eigenvalue weighted by Gasteiger charge is -2.18. The molecular formula is C14H18FN3S. The second-order valence-corrected chi connectivity index (χ2v) is 5.71. The monoisotopic (exact) mass is 279 g/mol. The first kappa shape index (κ1) is 14.1. The summed E-state index contributed by atoms with van der Waals surface area (Å²) >= 11 is 1.72. The summed E-state index contributed by atoms with van der Waals surface area (Å²) in [6, 6.07) is 1.69. The van der Waals surface area contributed by atoms with Gasteiger partial charge in [0, 0.05) is 23.3 Å². The number of thiazole rings is 1. The third-order valence-corrected chi connectivity index (χ3v) is 4.34. The largest absolute Gasteiger partial charge is 0.301 e. The molecule has 5 heteroatoms. The first-order valence-corrected chi connectivity index (χ1v) is 7.23. The molecule has 0 spiro atoms. The number of rotatable bonds is 5. The predicted octanol–water partition coefficient (Wildman–Crippen LogP) is 3.65. The van der Waals surface area contributed by atoms with Crippen molar-refractivity contribution in [1.82, 2.24) is 15.3 Å². The number of aromatic nitrogens is 2. The maximum atomic E-state index is 13.1. The SMILES string of the molecule is CCc1cnc(C(C)NC(C)c2cncc(F)c2)s1. The van der Waals surface area contributed by atoms with Crippen molar-refractivity contribution in [2.24, 2.45) is 0 Å². The van der Waals surface area contributed by atoms with Crippen molar-refractivity contribution in [2.45, 2.75) is 39.3 Å². The first-order chi connectivity index (χ1) is 9.10. The van der Waals surface area contributed by atoms with E-state index in [1.54, 1.807) is 17.5 Å². The molecular weight excluding hydrogens is 261 g/mol. The standard InChI is InChI=1S/C14H18FN3S/c1-4-13-8-17-14(19-13)10(3)18-9(2)11-5-12(15)7-16-6-11/h5-10,18H,4H2,1-3H3. The van der Waals surface area contributed by atoms with E-state index < -0.39 is 0 Å². The van der Waals surface area contributed by atoms with Crippen LogP contribution in [0.15, 0.2) is 24.7 Å². The summed E-state index contributed by atoms with van der Waals surface area (Å²) in [4.78, 5) is 9.57. The zero-order chi connectivity index (χ0) is 13.8. The predicted molar refractivity (Wildman–Crippen MR) is 75.7 cm³/mol. The van der Waals surface area contributed by atoms with Crippen molar-refractivity contribution in [3.8, 4) is 0 Å². The molecule has 2 heterocycles. The second kappa shape index (κ2) is 6.21. The Morgan fingerprint density at radius 2 is 2.05 bits per heavy atom. The van der Waals surface area contributed by atoms with Gasteiger partial charge in [-0.05, 0) is 31.9 Å². The smallest absolute Gasteiger partial charge is 0.141 e. The molecule has 1 N–H and O–H groups in total. The third-order valence-electron chi connectivity index (χ3n) is 3.02. The van der Waals surface area contributed by atoms with E-state index in [9.17, 15) is 4.39 Å². The third kappa shape index (κ3) is 3.58. The van der Waals surface area contributed by atoms with E-state index >= 15 is 0 Å². The Labute approximate surface area is 116 Å². The van der Waals surface area contributed by atoms with Gasteiger partial charge in [-0.25, -0.2) is 9.37 Å². The molecule has 0 bridgehead atoms. The fourth-order valence-corrected chi connectivity index (χ4v) is 2.76. The van der Waals surface area contributed by atoms with Crippen LogP contribution in [-0.2, 0) is 6.42 Å². The second-order valence-electron chi connectivity index (χ2n) is 4.56. The van der Waals surface area contributed by atoms with Gasteiger partial charge in [-0.15, -0.1) is 11.3 Å². The van der Waals surface area contributed by atoms with Crippen LogP contribution in [-0.4, -0.2) is 9.97 Å². The minimum absolute atomic E-state index is 0.0344. The van der Waals surface area contributed by atoms with Crippen molar-refractivity contribution in [3.63, 3.8) is 0 Å². The number of nitrogens with zero attached hydrogens (tertiary/aromatic N) is 2. The summed E-state index contributed by atoms with van der Waals surface area (Å²) < 4.78 is 13.1. The number of hydrogen-bond acceptors (Lipinski definition) is 4. The van der Waals surface area contributed by atoms with Crippen molar-refractivity contribution in [2.75, 3.05) is 0 Å². The maximum absolute atomic E-state index is 13.1. The van der Waals surface area contributed by atoms with Crippen molar-refractivity contribution >= 4 is 11.3 Å². The van der Waals surface area contributed by atoms with E-state index in [0.29, 0.717) is 0 Å². The van der Waals surface area contributed by atoms with Gasteiger partial charge in [0.2, 0.25) is 0 Å². The molecule has 19 heavy (non-hydrogen) atoms. The average Bonchev–Trinajstić information content (AvgIpc) is 2.87. The van der Waals surface area contributed by atoms with Crippen LogP contribution in [0.25, 0.3) is 0 Å². The first-order valence-electron chi connectivity index (χ1n) is 6.41. The average molecular weight is 279 g/mol. The molecule has 0 aromatic carbocycles. The van der Waals surface area contributed by atoms with Gasteiger partial charge in [-0.1, -0.05) is 6.92 Å². The van der Waals surface area contributed by atoms with Crippen molar-refractivity contribution < 1.29 is 4.39 Å². The number of aryl methyl sites for hydroxylation is 1. The molecule has 0 saturated carbocycles. The summed E-state index contributed by atoms with van der Waals surface area (Å²) in [7, 11) is 0. The molecule has 0 aliphatic heterocycles. The summed E-state index contributed by atoms with van der Waals surface area (Å²) in [5.74, 6) is -0.304. The fourth-order valence-electron chi connectivity index (χ4n) is 1.89. The molecule has 0 amide bonds. The molecule has 0 fully saturated rings. The highest BCUT2D eigenvalue weighted by molar-refractivity contribution is 7.11. The van der Waals surface area contributed by atoms with Crippen molar-refractivity contribution in [3.05, 3.63) is 45.9 Å². The fraction of sp³-hybridized carbons (Fsp3) is 0.429. The van der Waals surface area contributed by atoms with Gasteiger partial charge < -0.3 is 5.32 Å². The molecule has 2 aromatic rings. The Balaban J connectivity index is 2.03. The van der Waals surface area contributed by atoms with Crippen molar-refractivity contribution in [1.29, 1.82) is 0 Å². The number of halogens is 1. The molecule has 0 aliphatic rings. The van der Waals surface area contributed by atoms with Gasteiger partial charge in [-0.2, -0.15) is 0 Å². The normalized spacial score (nSPS) is 14.3. The Bertz CT molecular complexity index is 541. The van der Waals surface area contributed by atoms with E-state index in [1.165, 1.54) is 17.1 Å². The number of nitrogens with one attached hydrogen (secondary N) is 1. The summed E-state index contributed by atoms with van der Waals surface area (Å²) in [5, 5.41) is 4.48. The van der Waals surface area contributed by atoms with E-state index in [4.69, 9.17) is 0 Å². The Hall–Kier alpha value is -1.33. The maximum Gasteiger partial charge on any atom is 0.141 e. The highest BCUT2D eigenvalue weighted by Gasteiger charge is 2.14. The molecule has 2 atom stereocenters. The van der Waals surface area contributed by atoms with Crippen LogP contribution < -0.4 is 5.32 Å². The minimum atomic E-state index is -0.304. The molecule has 2 rings (SSSR count). The van der Waals surface area contributed by atoms with Crippen LogP contribution in [0.1, 0.15) is 48.3 Å². The Kier molecular flexibility index (Phi) is 4.61. The van der Waals surface area contributed by atoms with Gasteiger partial charge in [0.25, 0.3) is 0 Å². The van der Waals surface area contributed by atoms with Crippen LogP contribution in [0.3, 0.4) is 0 Å². The zero-order valence-electron chi connectivity index (χ0n) is 11.4. The van der Waals surface area contributed by atoms with E-state index in [0.717, 1.165) is 17.0 Å². The molecule has 0 radical (unpaired) electrons. The summed E-state index contributed by atoms with van der Waals surface area (Å²) in [5.41, 5.74) is 0.846. The zero-order valence-corrected chi connectivity index (χ0v) is 12.2. The number of pyridine rings is 1. The summed E-state index contributed by atoms with van der Waals surface area (Å²) in [6.07, 6.45) is 5.83. The lowest BCUT2D eigenvalue weighted by Crippen LogP contribution is -2.22. The van der Waals surface area contributed by atoms with Crippen LogP contribution >= 0.6 is 11.3 Å². The molecule has 2 unspecified atom stereocenters. The molecule has 2 aromatic heterocycles. The van der Waals surface area contributed by atoms with Gasteiger partial charge >= 0.3 is 0 Å². The number of hydrogen-bond donors (Lipinski definition) is 1. The van der Waals surface area contributed by atoms with Gasteiger partial charge in [0.05, 0.1) is 12.2 Å². The summed E-state index contributed by atoms with van der Waals surface area (Å²) in [6.45, 7) is 6.19. The van der Waals surface area contributed by atoms with E-state index in [1.807, 2.05) is 13.1 Å². The van der Waals surface area contributed by atoms with Crippen LogP contribution in [0, 0.1) is 5.82 Å².